The van der Waals surface area contributed by atoms with E-state index in [1.165, 1.54) is 0 Å². The lowest BCUT2D eigenvalue weighted by molar-refractivity contribution is 0.952. The number of hydrogen-bond acceptors (Lipinski definition) is 3. The SMILES string of the molecule is c1ccc(-c2cc(-c3ccccc3)c3c(c2)c2cc(-c4ccccc4)cc(-c4ccccc4)c2n3-c2nc(-c3ccccc3)nc(-c3ccccc3-n3c4c(-c5ccccc5)cc(-c5ccccc5)cc4c4cc(-c5ccccc5)cc(-c5ccccc5)c43)n2)cc1. The molecule has 17 aromatic rings. The summed E-state index contributed by atoms with van der Waals surface area (Å²) in [7, 11) is 0. The van der Waals surface area contributed by atoms with Gasteiger partial charge in [-0.2, -0.15) is 9.97 Å². The van der Waals surface area contributed by atoms with Crippen molar-refractivity contribution in [1.29, 1.82) is 0 Å². The van der Waals surface area contributed by atoms with Crippen LogP contribution in [0.1, 0.15) is 0 Å². The summed E-state index contributed by atoms with van der Waals surface area (Å²) in [5.41, 5.74) is 24.5. The molecule has 0 saturated heterocycles. The summed E-state index contributed by atoms with van der Waals surface area (Å²) >= 11 is 0. The zero-order valence-corrected chi connectivity index (χ0v) is 50.1. The number of benzene rings is 14. The lowest BCUT2D eigenvalue weighted by atomic mass is 9.93. The van der Waals surface area contributed by atoms with E-state index in [1.54, 1.807) is 0 Å². The van der Waals surface area contributed by atoms with E-state index in [9.17, 15) is 0 Å². The Morgan fingerprint density at radius 3 is 0.739 bits per heavy atom. The summed E-state index contributed by atoms with van der Waals surface area (Å²) in [6, 6.07) is 124. The number of nitrogens with zero attached hydrogens (tertiary/aromatic N) is 5. The van der Waals surface area contributed by atoms with E-state index in [4.69, 9.17) is 15.0 Å². The number of rotatable bonds is 12. The first-order valence-electron chi connectivity index (χ1n) is 31.3. The van der Waals surface area contributed by atoms with Gasteiger partial charge in [-0.3, -0.25) is 4.57 Å². The van der Waals surface area contributed by atoms with Gasteiger partial charge in [0.2, 0.25) is 5.95 Å². The van der Waals surface area contributed by atoms with Crippen LogP contribution in [0.4, 0.5) is 0 Å². The first-order chi connectivity index (χ1) is 45.6. The molecule has 14 aromatic carbocycles. The predicted octanol–water partition coefficient (Wildman–Crippen LogP) is 22.7. The molecule has 92 heavy (non-hydrogen) atoms. The molecular weight excluding hydrogens is 1110 g/mol. The standard InChI is InChI=1S/C87H57N5/c1-10-30-58(31-11-1)67-50-72(62-38-18-5-19-39-62)81-76(54-67)77-55-68(59-32-12-2-13-33-59)51-73(63-40-20-6-21-41-63)82(77)91(81)80-49-29-28-48-71(80)86-88-85(66-46-26-9-27-47-66)89-87(90-86)92-83-74(64-42-22-7-23-43-64)52-69(60-34-14-3-15-35-60)56-78(83)79-57-70(61-36-16-4-17-37-61)53-75(84(79)92)65-44-24-8-25-45-65/h1-57H. The van der Waals surface area contributed by atoms with Crippen LogP contribution in [0, 0.1) is 0 Å². The Balaban J connectivity index is 1.02. The van der Waals surface area contributed by atoms with Gasteiger partial charge in [0.1, 0.15) is 0 Å². The lowest BCUT2D eigenvalue weighted by Gasteiger charge is -2.19. The molecule has 5 nitrogen and oxygen atoms in total. The van der Waals surface area contributed by atoms with Crippen LogP contribution in [-0.4, -0.2) is 24.1 Å². The molecule has 0 bridgehead atoms. The van der Waals surface area contributed by atoms with Gasteiger partial charge in [0.15, 0.2) is 11.6 Å². The van der Waals surface area contributed by atoms with E-state index < -0.39 is 0 Å². The van der Waals surface area contributed by atoms with E-state index in [2.05, 4.69) is 349 Å². The van der Waals surface area contributed by atoms with E-state index in [1.807, 2.05) is 6.07 Å². The number of para-hydroxylation sites is 1. The molecule has 0 aliphatic carbocycles. The van der Waals surface area contributed by atoms with Crippen LogP contribution in [0.25, 0.3) is 167 Å². The average Bonchev–Trinajstić information content (AvgIpc) is 1.56. The van der Waals surface area contributed by atoms with Crippen LogP contribution >= 0.6 is 0 Å². The van der Waals surface area contributed by atoms with Crippen LogP contribution in [0.3, 0.4) is 0 Å². The van der Waals surface area contributed by atoms with Gasteiger partial charge in [0, 0.05) is 54.9 Å². The van der Waals surface area contributed by atoms with Crippen molar-refractivity contribution in [3.8, 4) is 123 Å². The van der Waals surface area contributed by atoms with Crippen LogP contribution in [0.15, 0.2) is 346 Å². The van der Waals surface area contributed by atoms with Crippen LogP contribution < -0.4 is 0 Å². The predicted molar refractivity (Wildman–Crippen MR) is 383 cm³/mol. The molecule has 3 aromatic heterocycles. The molecule has 17 rings (SSSR count). The first-order valence-corrected chi connectivity index (χ1v) is 31.3. The van der Waals surface area contributed by atoms with Gasteiger partial charge in [-0.25, -0.2) is 4.98 Å². The van der Waals surface area contributed by atoms with Crippen molar-refractivity contribution >= 4 is 43.6 Å². The molecule has 5 heteroatoms. The highest BCUT2D eigenvalue weighted by atomic mass is 15.2. The van der Waals surface area contributed by atoms with Gasteiger partial charge in [-0.15, -0.1) is 0 Å². The van der Waals surface area contributed by atoms with Gasteiger partial charge in [-0.1, -0.05) is 285 Å². The van der Waals surface area contributed by atoms with Gasteiger partial charge in [-0.05, 0) is 127 Å². The topological polar surface area (TPSA) is 48.5 Å². The molecule has 0 atom stereocenters. The zero-order valence-electron chi connectivity index (χ0n) is 50.1. The molecule has 0 saturated carbocycles. The van der Waals surface area contributed by atoms with Gasteiger partial charge in [0.25, 0.3) is 0 Å². The Kier molecular flexibility index (Phi) is 13.5. The summed E-state index contributed by atoms with van der Waals surface area (Å²) in [5.74, 6) is 1.58. The number of aromatic nitrogens is 5. The molecule has 430 valence electrons. The highest BCUT2D eigenvalue weighted by Gasteiger charge is 2.28. The molecular formula is C87H57N5. The van der Waals surface area contributed by atoms with Crippen molar-refractivity contribution in [1.82, 2.24) is 24.1 Å². The third-order valence-electron chi connectivity index (χ3n) is 17.9. The minimum absolute atomic E-state index is 0.495. The van der Waals surface area contributed by atoms with E-state index in [0.717, 1.165) is 149 Å². The van der Waals surface area contributed by atoms with E-state index >= 15 is 0 Å². The summed E-state index contributed by atoms with van der Waals surface area (Å²) in [5, 5.41) is 4.41. The Hall–Kier alpha value is -12.3. The minimum Gasteiger partial charge on any atom is -0.307 e. The molecule has 0 radical (unpaired) electrons. The fourth-order valence-corrected chi connectivity index (χ4v) is 13.7. The highest BCUT2D eigenvalue weighted by molar-refractivity contribution is 6.21. The molecule has 0 spiro atoms. The molecule has 0 fully saturated rings. The quantitative estimate of drug-likeness (QED) is 0.122. The lowest BCUT2D eigenvalue weighted by Crippen LogP contribution is -2.09. The molecule has 0 unspecified atom stereocenters. The van der Waals surface area contributed by atoms with Crippen LogP contribution in [0.5, 0.6) is 0 Å². The largest absolute Gasteiger partial charge is 0.307 e. The fourth-order valence-electron chi connectivity index (χ4n) is 13.7. The minimum atomic E-state index is 0.495. The Labute approximate surface area is 533 Å². The molecule has 0 aliphatic rings. The monoisotopic (exact) mass is 1170 g/mol. The van der Waals surface area contributed by atoms with Crippen molar-refractivity contribution in [2.75, 3.05) is 0 Å². The second kappa shape index (κ2) is 23.0. The summed E-state index contributed by atoms with van der Waals surface area (Å²) in [4.78, 5) is 17.3. The third kappa shape index (κ3) is 9.55. The highest BCUT2D eigenvalue weighted by Crippen LogP contribution is 2.49. The van der Waals surface area contributed by atoms with E-state index in [0.29, 0.717) is 17.6 Å². The third-order valence-corrected chi connectivity index (χ3v) is 17.9. The van der Waals surface area contributed by atoms with Gasteiger partial charge < -0.3 is 4.57 Å². The molecule has 0 N–H and O–H groups in total. The number of fused-ring (bicyclic) bond motifs is 6. The normalized spacial score (nSPS) is 11.5. The van der Waals surface area contributed by atoms with Crippen molar-refractivity contribution in [3.05, 3.63) is 346 Å². The summed E-state index contributed by atoms with van der Waals surface area (Å²) in [6.07, 6.45) is 0. The Morgan fingerprint density at radius 1 is 0.174 bits per heavy atom. The fraction of sp³-hybridized carbons (Fsp3) is 0. The smallest absolute Gasteiger partial charge is 0.238 e. The maximum absolute atomic E-state index is 5.93. The molecule has 3 heterocycles. The summed E-state index contributed by atoms with van der Waals surface area (Å²) in [6.45, 7) is 0. The van der Waals surface area contributed by atoms with Crippen LogP contribution in [-0.2, 0) is 0 Å². The van der Waals surface area contributed by atoms with Gasteiger partial charge >= 0.3 is 0 Å². The van der Waals surface area contributed by atoms with Crippen molar-refractivity contribution in [2.24, 2.45) is 0 Å². The zero-order chi connectivity index (χ0) is 60.9. The summed E-state index contributed by atoms with van der Waals surface area (Å²) < 4.78 is 4.86. The van der Waals surface area contributed by atoms with Crippen LogP contribution in [0.2, 0.25) is 0 Å². The second-order valence-corrected chi connectivity index (χ2v) is 23.4. The Bertz CT molecular complexity index is 5280. The second-order valence-electron chi connectivity index (χ2n) is 23.4. The average molecular weight is 1170 g/mol. The van der Waals surface area contributed by atoms with E-state index in [-0.39, 0.29) is 0 Å². The Morgan fingerprint density at radius 2 is 0.424 bits per heavy atom. The van der Waals surface area contributed by atoms with Crippen molar-refractivity contribution in [2.45, 2.75) is 0 Å². The maximum Gasteiger partial charge on any atom is 0.238 e. The van der Waals surface area contributed by atoms with Crippen molar-refractivity contribution in [3.63, 3.8) is 0 Å². The number of hydrogen-bond donors (Lipinski definition) is 0. The van der Waals surface area contributed by atoms with Gasteiger partial charge in [0.05, 0.1) is 27.8 Å². The van der Waals surface area contributed by atoms with Crippen molar-refractivity contribution < 1.29 is 0 Å². The molecule has 0 amide bonds. The molecule has 0 aliphatic heterocycles. The maximum atomic E-state index is 5.93. The first kappa shape index (κ1) is 53.9.